The minimum atomic E-state index is -0.373. The van der Waals surface area contributed by atoms with Crippen LogP contribution >= 0.6 is 0 Å². The fraction of sp³-hybridized carbons (Fsp3) is 0.350. The van der Waals surface area contributed by atoms with Crippen LogP contribution in [-0.2, 0) is 11.3 Å². The molecule has 6 heteroatoms. The highest BCUT2D eigenvalue weighted by Gasteiger charge is 2.24. The predicted molar refractivity (Wildman–Crippen MR) is 101 cm³/mol. The summed E-state index contributed by atoms with van der Waals surface area (Å²) in [6, 6.07) is 12.7. The molecule has 0 aliphatic heterocycles. The Balaban J connectivity index is 2.18. The summed E-state index contributed by atoms with van der Waals surface area (Å²) in [4.78, 5) is 14.8. The minimum Gasteiger partial charge on any atom is -0.502 e. The van der Waals surface area contributed by atoms with Gasteiger partial charge in [0.2, 0.25) is 11.7 Å². The summed E-state index contributed by atoms with van der Waals surface area (Å²) in [7, 11) is 4.86. The van der Waals surface area contributed by atoms with E-state index < -0.39 is 0 Å². The van der Waals surface area contributed by atoms with Gasteiger partial charge in [0.25, 0.3) is 0 Å². The maximum Gasteiger partial charge on any atom is 0.242 e. The summed E-state index contributed by atoms with van der Waals surface area (Å²) in [5.74, 6) is 0.460. The van der Waals surface area contributed by atoms with E-state index in [2.05, 4.69) is 5.32 Å². The van der Waals surface area contributed by atoms with E-state index in [1.807, 2.05) is 49.2 Å². The standard InChI is InChI=1S/C20H26N2O4/c1-5-22(2)18(15-9-7-6-8-10-15)20(24)21-13-14-11-16(25-3)19(23)17(12-14)26-4/h6-12,18,23H,5,13H2,1-4H3,(H,21,24). The van der Waals surface area contributed by atoms with Crippen LogP contribution in [0.25, 0.3) is 0 Å². The number of nitrogens with one attached hydrogen (secondary N) is 1. The molecular weight excluding hydrogens is 332 g/mol. The third-order valence-electron chi connectivity index (χ3n) is 4.31. The summed E-state index contributed by atoms with van der Waals surface area (Å²) in [5, 5.41) is 12.9. The molecule has 1 unspecified atom stereocenters. The topological polar surface area (TPSA) is 71.0 Å². The molecule has 1 amide bonds. The quantitative estimate of drug-likeness (QED) is 0.759. The molecule has 0 aromatic heterocycles. The summed E-state index contributed by atoms with van der Waals surface area (Å²) >= 11 is 0. The lowest BCUT2D eigenvalue weighted by Gasteiger charge is -2.26. The monoisotopic (exact) mass is 358 g/mol. The molecule has 2 aromatic rings. The largest absolute Gasteiger partial charge is 0.502 e. The van der Waals surface area contributed by atoms with Crippen LogP contribution < -0.4 is 14.8 Å². The molecule has 0 bridgehead atoms. The number of hydrogen-bond acceptors (Lipinski definition) is 5. The number of methoxy groups -OCH3 is 2. The van der Waals surface area contributed by atoms with Crippen LogP contribution in [0, 0.1) is 0 Å². The molecule has 0 aliphatic carbocycles. The summed E-state index contributed by atoms with van der Waals surface area (Å²) < 4.78 is 10.3. The predicted octanol–water partition coefficient (Wildman–Crippen LogP) is 2.72. The van der Waals surface area contributed by atoms with Crippen molar-refractivity contribution in [1.82, 2.24) is 10.2 Å². The van der Waals surface area contributed by atoms with Gasteiger partial charge in [0.05, 0.1) is 14.2 Å². The van der Waals surface area contributed by atoms with Crippen molar-refractivity contribution in [2.24, 2.45) is 0 Å². The first-order valence-electron chi connectivity index (χ1n) is 8.48. The fourth-order valence-electron chi connectivity index (χ4n) is 2.76. The van der Waals surface area contributed by atoms with Crippen LogP contribution in [0.1, 0.15) is 24.1 Å². The zero-order valence-electron chi connectivity index (χ0n) is 15.7. The number of ether oxygens (including phenoxy) is 2. The van der Waals surface area contributed by atoms with Gasteiger partial charge in [-0.2, -0.15) is 0 Å². The van der Waals surface area contributed by atoms with E-state index in [9.17, 15) is 9.90 Å². The second kappa shape index (κ2) is 9.10. The summed E-state index contributed by atoms with van der Waals surface area (Å²) in [5.41, 5.74) is 1.71. The lowest BCUT2D eigenvalue weighted by Crippen LogP contribution is -2.38. The van der Waals surface area contributed by atoms with Gasteiger partial charge >= 0.3 is 0 Å². The molecule has 2 aromatic carbocycles. The van der Waals surface area contributed by atoms with Crippen LogP contribution in [0.3, 0.4) is 0 Å². The van der Waals surface area contributed by atoms with E-state index in [-0.39, 0.29) is 17.7 Å². The average molecular weight is 358 g/mol. The Morgan fingerprint density at radius 3 is 2.23 bits per heavy atom. The Labute approximate surface area is 154 Å². The van der Waals surface area contributed by atoms with E-state index >= 15 is 0 Å². The molecule has 0 saturated carbocycles. The van der Waals surface area contributed by atoms with Crippen molar-refractivity contribution >= 4 is 5.91 Å². The fourth-order valence-corrected chi connectivity index (χ4v) is 2.76. The van der Waals surface area contributed by atoms with Gasteiger partial charge in [0, 0.05) is 6.54 Å². The third kappa shape index (κ3) is 4.46. The van der Waals surface area contributed by atoms with Gasteiger partial charge < -0.3 is 19.9 Å². The Kier molecular flexibility index (Phi) is 6.86. The average Bonchev–Trinajstić information content (AvgIpc) is 2.67. The van der Waals surface area contributed by atoms with Crippen molar-refractivity contribution in [3.05, 3.63) is 53.6 Å². The molecule has 6 nitrogen and oxygen atoms in total. The number of benzene rings is 2. The number of hydrogen-bond donors (Lipinski definition) is 2. The van der Waals surface area contributed by atoms with E-state index in [1.54, 1.807) is 12.1 Å². The van der Waals surface area contributed by atoms with Crippen LogP contribution in [0.5, 0.6) is 17.2 Å². The molecule has 140 valence electrons. The van der Waals surface area contributed by atoms with E-state index in [0.717, 1.165) is 17.7 Å². The van der Waals surface area contributed by atoms with Crippen LogP contribution in [-0.4, -0.2) is 43.7 Å². The molecule has 2 N–H and O–H groups in total. The van der Waals surface area contributed by atoms with Crippen molar-refractivity contribution in [3.8, 4) is 17.2 Å². The Bertz CT molecular complexity index is 709. The minimum absolute atomic E-state index is 0.0574. The van der Waals surface area contributed by atoms with Crippen LogP contribution in [0.4, 0.5) is 0 Å². The van der Waals surface area contributed by atoms with Crippen molar-refractivity contribution < 1.29 is 19.4 Å². The summed E-state index contributed by atoms with van der Waals surface area (Å²) in [6.07, 6.45) is 0. The van der Waals surface area contributed by atoms with Gasteiger partial charge in [-0.15, -0.1) is 0 Å². The number of phenolic OH excluding ortho intramolecular Hbond substituents is 1. The number of carbonyl (C=O) groups is 1. The van der Waals surface area contributed by atoms with Gasteiger partial charge in [-0.25, -0.2) is 0 Å². The first kappa shape index (κ1) is 19.6. The third-order valence-corrected chi connectivity index (χ3v) is 4.31. The van der Waals surface area contributed by atoms with E-state index in [4.69, 9.17) is 9.47 Å². The molecule has 0 aliphatic rings. The first-order valence-corrected chi connectivity index (χ1v) is 8.48. The molecular formula is C20H26N2O4. The van der Waals surface area contributed by atoms with Crippen molar-refractivity contribution in [2.75, 3.05) is 27.8 Å². The van der Waals surface area contributed by atoms with Gasteiger partial charge in [0.1, 0.15) is 6.04 Å². The Hall–Kier alpha value is -2.73. The lowest BCUT2D eigenvalue weighted by atomic mass is 10.0. The molecule has 26 heavy (non-hydrogen) atoms. The molecule has 0 heterocycles. The van der Waals surface area contributed by atoms with Crippen LogP contribution in [0.2, 0.25) is 0 Å². The maximum atomic E-state index is 12.8. The van der Waals surface area contributed by atoms with Crippen molar-refractivity contribution in [3.63, 3.8) is 0 Å². The highest BCUT2D eigenvalue weighted by molar-refractivity contribution is 5.83. The molecule has 1 atom stereocenters. The molecule has 0 radical (unpaired) electrons. The number of carbonyl (C=O) groups excluding carboxylic acids is 1. The molecule has 2 rings (SSSR count). The number of rotatable bonds is 8. The highest BCUT2D eigenvalue weighted by Crippen LogP contribution is 2.37. The first-order chi connectivity index (χ1) is 12.5. The van der Waals surface area contributed by atoms with Crippen molar-refractivity contribution in [1.29, 1.82) is 0 Å². The lowest BCUT2D eigenvalue weighted by molar-refractivity contribution is -0.126. The van der Waals surface area contributed by atoms with Gasteiger partial charge in [-0.1, -0.05) is 37.3 Å². The molecule has 0 saturated heterocycles. The molecule has 0 spiro atoms. The number of likely N-dealkylation sites (N-methyl/N-ethyl adjacent to an activating group) is 1. The SMILES string of the molecule is CCN(C)C(C(=O)NCc1cc(OC)c(O)c(OC)c1)c1ccccc1. The van der Waals surface area contributed by atoms with E-state index in [0.29, 0.717) is 18.0 Å². The number of phenols is 1. The molecule has 0 fully saturated rings. The maximum absolute atomic E-state index is 12.8. The van der Waals surface area contributed by atoms with Gasteiger partial charge in [-0.3, -0.25) is 9.69 Å². The number of nitrogens with zero attached hydrogens (tertiary/aromatic N) is 1. The second-order valence-corrected chi connectivity index (χ2v) is 5.95. The van der Waals surface area contributed by atoms with Crippen molar-refractivity contribution in [2.45, 2.75) is 19.5 Å². The smallest absolute Gasteiger partial charge is 0.242 e. The Morgan fingerprint density at radius 2 is 1.73 bits per heavy atom. The van der Waals surface area contributed by atoms with E-state index in [1.165, 1.54) is 14.2 Å². The number of aromatic hydroxyl groups is 1. The number of amides is 1. The van der Waals surface area contributed by atoms with Crippen LogP contribution in [0.15, 0.2) is 42.5 Å². The van der Waals surface area contributed by atoms with Gasteiger partial charge in [-0.05, 0) is 36.9 Å². The van der Waals surface area contributed by atoms with Gasteiger partial charge in [0.15, 0.2) is 11.5 Å². The highest BCUT2D eigenvalue weighted by atomic mass is 16.5. The zero-order chi connectivity index (χ0) is 19.1. The Morgan fingerprint density at radius 1 is 1.15 bits per heavy atom. The summed E-state index contributed by atoms with van der Waals surface area (Å²) in [6.45, 7) is 3.06. The normalized spacial score (nSPS) is 11.9. The second-order valence-electron chi connectivity index (χ2n) is 5.95. The zero-order valence-corrected chi connectivity index (χ0v) is 15.7.